The van der Waals surface area contributed by atoms with Crippen molar-refractivity contribution in [2.24, 2.45) is 5.92 Å². The Morgan fingerprint density at radius 2 is 2.00 bits per heavy atom. The summed E-state index contributed by atoms with van der Waals surface area (Å²) in [6.45, 7) is 5.22. The third kappa shape index (κ3) is 3.76. The molecule has 21 heavy (non-hydrogen) atoms. The van der Waals surface area contributed by atoms with E-state index in [1.165, 1.54) is 12.7 Å². The van der Waals surface area contributed by atoms with Crippen molar-refractivity contribution in [1.82, 2.24) is 5.32 Å². The van der Waals surface area contributed by atoms with Gasteiger partial charge in [-0.25, -0.2) is 4.79 Å². The first kappa shape index (κ1) is 15.8. The minimum Gasteiger partial charge on any atom is -0.491 e. The van der Waals surface area contributed by atoms with E-state index in [1.54, 1.807) is 0 Å². The zero-order valence-electron chi connectivity index (χ0n) is 13.1. The predicted octanol–water partition coefficient (Wildman–Crippen LogP) is 2.70. The van der Waals surface area contributed by atoms with Crippen LogP contribution < -0.4 is 10.1 Å². The van der Waals surface area contributed by atoms with Crippen LogP contribution in [-0.2, 0) is 9.53 Å². The maximum absolute atomic E-state index is 12.3. The second kappa shape index (κ2) is 6.94. The first-order valence-corrected chi connectivity index (χ1v) is 7.65. The van der Waals surface area contributed by atoms with E-state index in [2.05, 4.69) is 12.2 Å². The van der Waals surface area contributed by atoms with Crippen LogP contribution in [0.25, 0.3) is 0 Å². The van der Waals surface area contributed by atoms with Gasteiger partial charge in [0.25, 0.3) is 0 Å². The molecular formula is C17H25NO3. The van der Waals surface area contributed by atoms with Crippen molar-refractivity contribution in [3.8, 4) is 5.75 Å². The summed E-state index contributed by atoms with van der Waals surface area (Å²) < 4.78 is 10.9. The number of hydrogen-bond acceptors (Lipinski definition) is 4. The van der Waals surface area contributed by atoms with Gasteiger partial charge in [-0.05, 0) is 50.8 Å². The van der Waals surface area contributed by atoms with E-state index < -0.39 is 5.54 Å². The van der Waals surface area contributed by atoms with Crippen LogP contribution in [0.1, 0.15) is 31.7 Å². The van der Waals surface area contributed by atoms with Crippen LogP contribution in [0.5, 0.6) is 5.75 Å². The van der Waals surface area contributed by atoms with Gasteiger partial charge in [0.05, 0.1) is 7.11 Å². The number of nitrogens with one attached hydrogen (secondary N) is 1. The molecule has 1 aliphatic carbocycles. The highest BCUT2D eigenvalue weighted by Gasteiger charge is 2.52. The van der Waals surface area contributed by atoms with Crippen molar-refractivity contribution in [1.29, 1.82) is 0 Å². The van der Waals surface area contributed by atoms with E-state index in [0.29, 0.717) is 12.5 Å². The monoisotopic (exact) mass is 291 g/mol. The molecule has 0 bridgehead atoms. The summed E-state index contributed by atoms with van der Waals surface area (Å²) in [6, 6.07) is 7.88. The summed E-state index contributed by atoms with van der Waals surface area (Å²) in [5.41, 5.74) is 0.475. The molecule has 0 aromatic heterocycles. The van der Waals surface area contributed by atoms with Crippen LogP contribution in [0.2, 0.25) is 0 Å². The van der Waals surface area contributed by atoms with Gasteiger partial charge in [0, 0.05) is 0 Å². The normalized spacial score (nSPS) is 17.1. The van der Waals surface area contributed by atoms with E-state index >= 15 is 0 Å². The number of aryl methyl sites for hydroxylation is 1. The van der Waals surface area contributed by atoms with Gasteiger partial charge in [0.2, 0.25) is 0 Å². The van der Waals surface area contributed by atoms with Crippen LogP contribution >= 0.6 is 0 Å². The lowest BCUT2D eigenvalue weighted by atomic mass is 9.94. The largest absolute Gasteiger partial charge is 0.491 e. The fraction of sp³-hybridized carbons (Fsp3) is 0.588. The van der Waals surface area contributed by atoms with Crippen LogP contribution in [0.15, 0.2) is 24.3 Å². The highest BCUT2D eigenvalue weighted by atomic mass is 16.5. The van der Waals surface area contributed by atoms with Crippen LogP contribution in [0.4, 0.5) is 0 Å². The molecule has 1 aromatic rings. The van der Waals surface area contributed by atoms with E-state index in [1.807, 2.05) is 31.2 Å². The topological polar surface area (TPSA) is 47.6 Å². The van der Waals surface area contributed by atoms with Crippen molar-refractivity contribution >= 4 is 5.97 Å². The molecule has 0 heterocycles. The second-order valence-electron chi connectivity index (χ2n) is 5.77. The Labute approximate surface area is 126 Å². The summed E-state index contributed by atoms with van der Waals surface area (Å²) in [6.07, 6.45) is 3.06. The maximum atomic E-state index is 12.3. The van der Waals surface area contributed by atoms with Gasteiger partial charge in [-0.1, -0.05) is 24.6 Å². The third-order valence-electron chi connectivity index (χ3n) is 4.00. The van der Waals surface area contributed by atoms with E-state index in [9.17, 15) is 4.79 Å². The average molecular weight is 291 g/mol. The molecule has 0 aliphatic heterocycles. The Kier molecular flexibility index (Phi) is 5.23. The van der Waals surface area contributed by atoms with Gasteiger partial charge in [0.15, 0.2) is 5.54 Å². The molecule has 1 unspecified atom stereocenters. The van der Waals surface area contributed by atoms with Crippen LogP contribution in [0, 0.1) is 12.8 Å². The highest BCUT2D eigenvalue weighted by molar-refractivity contribution is 5.82. The first-order valence-electron chi connectivity index (χ1n) is 7.65. The Bertz CT molecular complexity index is 467. The van der Waals surface area contributed by atoms with Gasteiger partial charge < -0.3 is 9.47 Å². The molecule has 1 saturated carbocycles. The Hall–Kier alpha value is -1.55. The molecule has 1 N–H and O–H groups in total. The smallest absolute Gasteiger partial charge is 0.329 e. The van der Waals surface area contributed by atoms with Crippen molar-refractivity contribution in [3.05, 3.63) is 29.8 Å². The molecule has 1 atom stereocenters. The first-order chi connectivity index (χ1) is 10.1. The third-order valence-corrected chi connectivity index (χ3v) is 4.00. The molecule has 4 nitrogen and oxygen atoms in total. The maximum Gasteiger partial charge on any atom is 0.329 e. The molecule has 2 rings (SSSR count). The number of carbonyl (C=O) groups excluding carboxylic acids is 1. The van der Waals surface area contributed by atoms with Gasteiger partial charge in [-0.3, -0.25) is 5.32 Å². The number of carbonyl (C=O) groups is 1. The predicted molar refractivity (Wildman–Crippen MR) is 82.4 cm³/mol. The number of benzene rings is 1. The van der Waals surface area contributed by atoms with E-state index in [-0.39, 0.29) is 5.97 Å². The summed E-state index contributed by atoms with van der Waals surface area (Å²) >= 11 is 0. The molecule has 1 fully saturated rings. The Morgan fingerprint density at radius 1 is 1.33 bits per heavy atom. The lowest BCUT2D eigenvalue weighted by Gasteiger charge is -2.32. The zero-order valence-corrected chi connectivity index (χ0v) is 13.1. The number of esters is 1. The van der Waals surface area contributed by atoms with Gasteiger partial charge in [-0.2, -0.15) is 0 Å². The fourth-order valence-electron chi connectivity index (χ4n) is 2.55. The standard InChI is InChI=1S/C17H25NO3/c1-4-11-18-17(14-7-8-14,16(19)20-3)12-21-15-9-5-13(2)6-10-15/h5-6,9-10,14,18H,4,7-8,11-12H2,1-3H3. The van der Waals surface area contributed by atoms with Crippen molar-refractivity contribution in [3.63, 3.8) is 0 Å². The van der Waals surface area contributed by atoms with Gasteiger partial charge in [0.1, 0.15) is 12.4 Å². The summed E-state index contributed by atoms with van der Waals surface area (Å²) in [4.78, 5) is 12.3. The molecule has 116 valence electrons. The molecule has 4 heteroatoms. The minimum absolute atomic E-state index is 0.217. The molecule has 1 aromatic carbocycles. The molecule has 0 amide bonds. The Morgan fingerprint density at radius 3 is 2.52 bits per heavy atom. The lowest BCUT2D eigenvalue weighted by Crippen LogP contribution is -2.59. The lowest BCUT2D eigenvalue weighted by molar-refractivity contribution is -0.151. The van der Waals surface area contributed by atoms with Crippen molar-refractivity contribution < 1.29 is 14.3 Å². The number of rotatable bonds is 8. The number of hydrogen-bond donors (Lipinski definition) is 1. The fourth-order valence-corrected chi connectivity index (χ4v) is 2.55. The molecule has 0 radical (unpaired) electrons. The van der Waals surface area contributed by atoms with Crippen LogP contribution in [-0.4, -0.2) is 31.8 Å². The molecule has 0 saturated heterocycles. The summed E-state index contributed by atoms with van der Waals surface area (Å²) in [5, 5.41) is 3.38. The van der Waals surface area contributed by atoms with Gasteiger partial charge >= 0.3 is 5.97 Å². The van der Waals surface area contributed by atoms with Crippen LogP contribution in [0.3, 0.4) is 0 Å². The highest BCUT2D eigenvalue weighted by Crippen LogP contribution is 2.41. The molecule has 0 spiro atoms. The average Bonchev–Trinajstić information content (AvgIpc) is 3.34. The second-order valence-corrected chi connectivity index (χ2v) is 5.77. The van der Waals surface area contributed by atoms with Crippen molar-refractivity contribution in [2.45, 2.75) is 38.6 Å². The van der Waals surface area contributed by atoms with E-state index in [4.69, 9.17) is 9.47 Å². The summed E-state index contributed by atoms with van der Waals surface area (Å²) in [5.74, 6) is 0.875. The zero-order chi connectivity index (χ0) is 15.3. The quantitative estimate of drug-likeness (QED) is 0.748. The number of ether oxygens (including phenoxy) is 2. The molecule has 1 aliphatic rings. The number of methoxy groups -OCH3 is 1. The Balaban J connectivity index is 2.10. The van der Waals surface area contributed by atoms with E-state index in [0.717, 1.165) is 31.6 Å². The van der Waals surface area contributed by atoms with Gasteiger partial charge in [-0.15, -0.1) is 0 Å². The minimum atomic E-state index is -0.713. The SMILES string of the molecule is CCCNC(COc1ccc(C)cc1)(C(=O)OC)C1CC1. The summed E-state index contributed by atoms with van der Waals surface area (Å²) in [7, 11) is 1.44. The van der Waals surface area contributed by atoms with Crippen molar-refractivity contribution in [2.75, 3.05) is 20.3 Å². The molecular weight excluding hydrogens is 266 g/mol.